The fraction of sp³-hybridized carbons (Fsp3) is 0.692. The number of ether oxygens (including phenoxy) is 1. The lowest BCUT2D eigenvalue weighted by Gasteiger charge is -2.30. The summed E-state index contributed by atoms with van der Waals surface area (Å²) in [7, 11) is 0. The number of nitrogens with zero attached hydrogens (tertiary/aromatic N) is 3. The molecule has 0 radical (unpaired) electrons. The van der Waals surface area contributed by atoms with E-state index in [4.69, 9.17) is 4.74 Å². The van der Waals surface area contributed by atoms with E-state index < -0.39 is 0 Å². The molecule has 0 atom stereocenters. The number of aryl methyl sites for hydroxylation is 1. The van der Waals surface area contributed by atoms with Crippen LogP contribution >= 0.6 is 0 Å². The van der Waals surface area contributed by atoms with Gasteiger partial charge in [0.25, 0.3) is 0 Å². The van der Waals surface area contributed by atoms with Crippen LogP contribution in [0.15, 0.2) is 6.07 Å². The zero-order valence-electron chi connectivity index (χ0n) is 11.4. The van der Waals surface area contributed by atoms with Gasteiger partial charge in [0.05, 0.1) is 19.3 Å². The first-order chi connectivity index (χ1) is 9.35. The standard InChI is InChI=1S/C13H21N5O/c1-2-10-7-12(15-11-8-14-9-11)17-13(16-10)18-3-5-19-6-4-18/h7,11,14H,2-6,8-9H2,1H3,(H,15,16,17). The summed E-state index contributed by atoms with van der Waals surface area (Å²) < 4.78 is 5.38. The van der Waals surface area contributed by atoms with Crippen molar-refractivity contribution in [1.29, 1.82) is 0 Å². The van der Waals surface area contributed by atoms with Crippen LogP contribution in [-0.4, -0.2) is 55.4 Å². The van der Waals surface area contributed by atoms with E-state index in [0.29, 0.717) is 6.04 Å². The molecule has 0 unspecified atom stereocenters. The van der Waals surface area contributed by atoms with Gasteiger partial charge in [-0.15, -0.1) is 0 Å². The fourth-order valence-electron chi connectivity index (χ4n) is 2.24. The van der Waals surface area contributed by atoms with Crippen molar-refractivity contribution in [3.05, 3.63) is 11.8 Å². The van der Waals surface area contributed by atoms with Gasteiger partial charge in [-0.3, -0.25) is 0 Å². The molecule has 1 aromatic rings. The van der Waals surface area contributed by atoms with Gasteiger partial charge in [-0.05, 0) is 6.42 Å². The molecule has 0 bridgehead atoms. The molecule has 2 fully saturated rings. The van der Waals surface area contributed by atoms with Gasteiger partial charge in [-0.1, -0.05) is 6.92 Å². The lowest BCUT2D eigenvalue weighted by atomic mass is 10.2. The Kier molecular flexibility index (Phi) is 3.79. The van der Waals surface area contributed by atoms with Crippen LogP contribution in [0.25, 0.3) is 0 Å². The van der Waals surface area contributed by atoms with Crippen molar-refractivity contribution in [2.75, 3.05) is 49.6 Å². The molecule has 6 heteroatoms. The van der Waals surface area contributed by atoms with Gasteiger partial charge in [0.1, 0.15) is 5.82 Å². The summed E-state index contributed by atoms with van der Waals surface area (Å²) in [5.74, 6) is 1.78. The van der Waals surface area contributed by atoms with Crippen molar-refractivity contribution in [3.8, 4) is 0 Å². The predicted octanol–water partition coefficient (Wildman–Crippen LogP) is 0.259. The molecule has 2 aliphatic rings. The van der Waals surface area contributed by atoms with Crippen molar-refractivity contribution in [2.45, 2.75) is 19.4 Å². The second-order valence-electron chi connectivity index (χ2n) is 5.00. The maximum absolute atomic E-state index is 5.38. The number of aromatic nitrogens is 2. The second kappa shape index (κ2) is 5.71. The summed E-state index contributed by atoms with van der Waals surface area (Å²) in [5, 5.41) is 6.72. The molecule has 3 rings (SSSR count). The van der Waals surface area contributed by atoms with Crippen LogP contribution in [-0.2, 0) is 11.2 Å². The van der Waals surface area contributed by atoms with E-state index in [-0.39, 0.29) is 0 Å². The molecular weight excluding hydrogens is 242 g/mol. The number of nitrogens with one attached hydrogen (secondary N) is 2. The first kappa shape index (κ1) is 12.6. The van der Waals surface area contributed by atoms with E-state index in [9.17, 15) is 0 Å². The van der Waals surface area contributed by atoms with Crippen LogP contribution in [0.4, 0.5) is 11.8 Å². The minimum absolute atomic E-state index is 0.497. The van der Waals surface area contributed by atoms with E-state index in [0.717, 1.165) is 63.3 Å². The van der Waals surface area contributed by atoms with Crippen LogP contribution < -0.4 is 15.5 Å². The molecule has 2 aliphatic heterocycles. The molecule has 0 aromatic carbocycles. The van der Waals surface area contributed by atoms with Crippen molar-refractivity contribution in [1.82, 2.24) is 15.3 Å². The van der Waals surface area contributed by atoms with E-state index >= 15 is 0 Å². The molecule has 0 saturated carbocycles. The third kappa shape index (κ3) is 2.96. The number of morpholine rings is 1. The number of rotatable bonds is 4. The summed E-state index contributed by atoms with van der Waals surface area (Å²) in [5.41, 5.74) is 1.09. The van der Waals surface area contributed by atoms with E-state index in [1.807, 2.05) is 0 Å². The average molecular weight is 263 g/mol. The highest BCUT2D eigenvalue weighted by atomic mass is 16.5. The SMILES string of the molecule is CCc1cc(NC2CNC2)nc(N2CCOCC2)n1. The summed E-state index contributed by atoms with van der Waals surface area (Å²) in [4.78, 5) is 11.5. The molecule has 104 valence electrons. The molecule has 0 spiro atoms. The van der Waals surface area contributed by atoms with Gasteiger partial charge < -0.3 is 20.3 Å². The number of hydrogen-bond acceptors (Lipinski definition) is 6. The maximum Gasteiger partial charge on any atom is 0.227 e. The van der Waals surface area contributed by atoms with E-state index in [2.05, 4.69) is 38.5 Å². The monoisotopic (exact) mass is 263 g/mol. The highest BCUT2D eigenvalue weighted by Crippen LogP contribution is 2.17. The Balaban J connectivity index is 1.78. The molecule has 19 heavy (non-hydrogen) atoms. The summed E-state index contributed by atoms with van der Waals surface area (Å²) in [6.07, 6.45) is 0.928. The zero-order chi connectivity index (χ0) is 13.1. The van der Waals surface area contributed by atoms with Gasteiger partial charge >= 0.3 is 0 Å². The predicted molar refractivity (Wildman–Crippen MR) is 74.7 cm³/mol. The lowest BCUT2D eigenvalue weighted by Crippen LogP contribution is -2.51. The largest absolute Gasteiger partial charge is 0.378 e. The molecule has 0 amide bonds. The highest BCUT2D eigenvalue weighted by molar-refractivity contribution is 5.45. The normalized spacial score (nSPS) is 20.2. The van der Waals surface area contributed by atoms with Crippen LogP contribution in [0.3, 0.4) is 0 Å². The second-order valence-corrected chi connectivity index (χ2v) is 5.00. The van der Waals surface area contributed by atoms with Gasteiger partial charge in [0.2, 0.25) is 5.95 Å². The molecule has 3 heterocycles. The Morgan fingerprint density at radius 3 is 2.79 bits per heavy atom. The van der Waals surface area contributed by atoms with Crippen LogP contribution in [0, 0.1) is 0 Å². The Hall–Kier alpha value is -1.40. The topological polar surface area (TPSA) is 62.3 Å². The third-order valence-electron chi connectivity index (χ3n) is 3.56. The van der Waals surface area contributed by atoms with E-state index in [1.165, 1.54) is 0 Å². The van der Waals surface area contributed by atoms with Crippen LogP contribution in [0.1, 0.15) is 12.6 Å². The van der Waals surface area contributed by atoms with Gasteiger partial charge in [-0.25, -0.2) is 4.98 Å². The minimum Gasteiger partial charge on any atom is -0.378 e. The number of hydrogen-bond donors (Lipinski definition) is 2. The third-order valence-corrected chi connectivity index (χ3v) is 3.56. The van der Waals surface area contributed by atoms with E-state index in [1.54, 1.807) is 0 Å². The molecule has 2 N–H and O–H groups in total. The van der Waals surface area contributed by atoms with Gasteiger partial charge in [-0.2, -0.15) is 4.98 Å². The summed E-state index contributed by atoms with van der Waals surface area (Å²) in [6.45, 7) is 7.41. The Morgan fingerprint density at radius 1 is 1.37 bits per heavy atom. The number of anilines is 2. The molecule has 1 aromatic heterocycles. The average Bonchev–Trinajstić information content (AvgIpc) is 2.43. The first-order valence-electron chi connectivity index (χ1n) is 7.03. The quantitative estimate of drug-likeness (QED) is 0.812. The van der Waals surface area contributed by atoms with Gasteiger partial charge in [0.15, 0.2) is 0 Å². The van der Waals surface area contributed by atoms with Crippen molar-refractivity contribution >= 4 is 11.8 Å². The van der Waals surface area contributed by atoms with Crippen molar-refractivity contribution in [3.63, 3.8) is 0 Å². The molecule has 0 aliphatic carbocycles. The fourth-order valence-corrected chi connectivity index (χ4v) is 2.24. The zero-order valence-corrected chi connectivity index (χ0v) is 11.4. The van der Waals surface area contributed by atoms with Crippen LogP contribution in [0.5, 0.6) is 0 Å². The lowest BCUT2D eigenvalue weighted by molar-refractivity contribution is 0.122. The molecule has 6 nitrogen and oxygen atoms in total. The van der Waals surface area contributed by atoms with Crippen molar-refractivity contribution in [2.24, 2.45) is 0 Å². The molecule has 2 saturated heterocycles. The Morgan fingerprint density at radius 2 is 2.16 bits per heavy atom. The smallest absolute Gasteiger partial charge is 0.227 e. The Labute approximate surface area is 113 Å². The minimum atomic E-state index is 0.497. The maximum atomic E-state index is 5.38. The summed E-state index contributed by atoms with van der Waals surface area (Å²) in [6, 6.07) is 2.56. The summed E-state index contributed by atoms with van der Waals surface area (Å²) >= 11 is 0. The Bertz CT molecular complexity index is 429. The van der Waals surface area contributed by atoms with Gasteiger partial charge in [0, 0.05) is 37.9 Å². The van der Waals surface area contributed by atoms with Crippen molar-refractivity contribution < 1.29 is 4.74 Å². The van der Waals surface area contributed by atoms with Crippen LogP contribution in [0.2, 0.25) is 0 Å². The first-order valence-corrected chi connectivity index (χ1v) is 7.03. The highest BCUT2D eigenvalue weighted by Gasteiger charge is 2.19. The molecular formula is C13H21N5O.